The number of amides is 1. The van der Waals surface area contributed by atoms with Gasteiger partial charge in [0.05, 0.1) is 22.4 Å². The van der Waals surface area contributed by atoms with E-state index in [4.69, 9.17) is 15.0 Å². The third kappa shape index (κ3) is 2.06. The van der Waals surface area contributed by atoms with E-state index in [1.165, 1.54) is 0 Å². The largest absolute Gasteiger partial charge is 0.512 e. The number of hydrogen-bond acceptors (Lipinski definition) is 3. The molecule has 2 aromatic rings. The minimum absolute atomic E-state index is 0.434. The molecule has 1 aliphatic rings. The predicted octanol–water partition coefficient (Wildman–Crippen LogP) is 1.57. The van der Waals surface area contributed by atoms with Gasteiger partial charge in [0, 0.05) is 10.9 Å². The van der Waals surface area contributed by atoms with Crippen LogP contribution in [0.1, 0.15) is 38.1 Å². The number of rotatable bonds is 2. The summed E-state index contributed by atoms with van der Waals surface area (Å²) in [6, 6.07) is 7.53. The van der Waals surface area contributed by atoms with Crippen molar-refractivity contribution in [1.29, 1.82) is 0 Å². The van der Waals surface area contributed by atoms with Gasteiger partial charge >= 0.3 is 7.12 Å². The van der Waals surface area contributed by atoms with Gasteiger partial charge in [0.15, 0.2) is 0 Å². The maximum absolute atomic E-state index is 11.9. The molecule has 1 fully saturated rings. The van der Waals surface area contributed by atoms with Gasteiger partial charge in [-0.1, -0.05) is 18.2 Å². The van der Waals surface area contributed by atoms with Crippen molar-refractivity contribution < 1.29 is 14.1 Å². The minimum Gasteiger partial charge on any atom is -0.398 e. The SMILES string of the molecule is CC1(C)OB(c2[nH]c3ccccc3c2C(N)=O)OC1(C)C. The summed E-state index contributed by atoms with van der Waals surface area (Å²) in [7, 11) is -0.634. The molecule has 6 heteroatoms. The van der Waals surface area contributed by atoms with Crippen LogP contribution in [0.25, 0.3) is 10.9 Å². The molecule has 0 atom stereocenters. The van der Waals surface area contributed by atoms with Crippen LogP contribution in [0.2, 0.25) is 0 Å². The molecule has 0 spiro atoms. The molecule has 3 N–H and O–H groups in total. The fourth-order valence-corrected chi connectivity index (χ4v) is 2.57. The lowest BCUT2D eigenvalue weighted by Crippen LogP contribution is -2.41. The van der Waals surface area contributed by atoms with E-state index in [1.54, 1.807) is 0 Å². The topological polar surface area (TPSA) is 77.3 Å². The van der Waals surface area contributed by atoms with Crippen molar-refractivity contribution in [3.05, 3.63) is 29.8 Å². The first-order valence-corrected chi connectivity index (χ1v) is 6.99. The van der Waals surface area contributed by atoms with Crippen LogP contribution in [0.5, 0.6) is 0 Å². The van der Waals surface area contributed by atoms with Crippen LogP contribution in [-0.4, -0.2) is 29.2 Å². The summed E-state index contributed by atoms with van der Waals surface area (Å²) in [5.74, 6) is -0.489. The van der Waals surface area contributed by atoms with Crippen molar-refractivity contribution in [2.45, 2.75) is 38.9 Å². The summed E-state index contributed by atoms with van der Waals surface area (Å²) in [5.41, 5.74) is 6.48. The van der Waals surface area contributed by atoms with Gasteiger partial charge in [-0.2, -0.15) is 0 Å². The third-order valence-electron chi connectivity index (χ3n) is 4.47. The first-order chi connectivity index (χ1) is 9.73. The molecule has 1 aromatic carbocycles. The van der Waals surface area contributed by atoms with Gasteiger partial charge in [0.25, 0.3) is 5.91 Å². The van der Waals surface area contributed by atoms with E-state index in [1.807, 2.05) is 52.0 Å². The molecule has 110 valence electrons. The lowest BCUT2D eigenvalue weighted by Gasteiger charge is -2.32. The summed E-state index contributed by atoms with van der Waals surface area (Å²) < 4.78 is 12.0. The van der Waals surface area contributed by atoms with Crippen molar-refractivity contribution in [2.24, 2.45) is 5.73 Å². The summed E-state index contributed by atoms with van der Waals surface area (Å²) in [4.78, 5) is 15.1. The van der Waals surface area contributed by atoms with Crippen molar-refractivity contribution in [2.75, 3.05) is 0 Å². The number of fused-ring (bicyclic) bond motifs is 1. The fraction of sp³-hybridized carbons (Fsp3) is 0.400. The number of nitrogens with two attached hydrogens (primary N) is 1. The molecule has 0 aliphatic carbocycles. The van der Waals surface area contributed by atoms with Gasteiger partial charge in [-0.25, -0.2) is 0 Å². The Morgan fingerprint density at radius 2 is 1.71 bits per heavy atom. The Morgan fingerprint density at radius 1 is 1.14 bits per heavy atom. The molecule has 1 aromatic heterocycles. The Kier molecular flexibility index (Phi) is 2.94. The van der Waals surface area contributed by atoms with E-state index in [2.05, 4.69) is 4.98 Å². The van der Waals surface area contributed by atoms with Gasteiger partial charge in [0.2, 0.25) is 0 Å². The molecule has 0 radical (unpaired) electrons. The van der Waals surface area contributed by atoms with Crippen LogP contribution >= 0.6 is 0 Å². The van der Waals surface area contributed by atoms with Crippen molar-refractivity contribution in [1.82, 2.24) is 4.98 Å². The highest BCUT2D eigenvalue weighted by molar-refractivity contribution is 6.63. The second kappa shape index (κ2) is 4.35. The van der Waals surface area contributed by atoms with Crippen molar-refractivity contribution in [3.8, 4) is 0 Å². The molecule has 1 aliphatic heterocycles. The lowest BCUT2D eigenvalue weighted by atomic mass is 9.81. The molecule has 2 heterocycles. The zero-order valence-corrected chi connectivity index (χ0v) is 12.7. The van der Waals surface area contributed by atoms with Crippen LogP contribution in [0.15, 0.2) is 24.3 Å². The number of carbonyl (C=O) groups excluding carboxylic acids is 1. The van der Waals surface area contributed by atoms with Crippen LogP contribution < -0.4 is 11.3 Å². The molecular weight excluding hydrogens is 267 g/mol. The van der Waals surface area contributed by atoms with Crippen LogP contribution in [0, 0.1) is 0 Å². The molecule has 0 saturated carbocycles. The Morgan fingerprint density at radius 3 is 2.29 bits per heavy atom. The van der Waals surface area contributed by atoms with Crippen molar-refractivity contribution >= 4 is 29.5 Å². The maximum Gasteiger partial charge on any atom is 0.512 e. The Labute approximate surface area is 123 Å². The molecule has 3 rings (SSSR count). The molecule has 1 amide bonds. The van der Waals surface area contributed by atoms with E-state index >= 15 is 0 Å². The number of nitrogens with one attached hydrogen (secondary N) is 1. The van der Waals surface area contributed by atoms with Crippen LogP contribution in [0.4, 0.5) is 0 Å². The monoisotopic (exact) mass is 286 g/mol. The third-order valence-corrected chi connectivity index (χ3v) is 4.47. The molecule has 0 unspecified atom stereocenters. The number of para-hydroxylation sites is 1. The normalized spacial score (nSPS) is 20.1. The Balaban J connectivity index is 2.14. The second-order valence-corrected chi connectivity index (χ2v) is 6.41. The predicted molar refractivity (Wildman–Crippen MR) is 82.5 cm³/mol. The fourth-order valence-electron chi connectivity index (χ4n) is 2.57. The Hall–Kier alpha value is -1.79. The van der Waals surface area contributed by atoms with Gasteiger partial charge in [0.1, 0.15) is 0 Å². The number of H-pyrrole nitrogens is 1. The molecule has 1 saturated heterocycles. The van der Waals surface area contributed by atoms with Gasteiger partial charge in [-0.15, -0.1) is 0 Å². The van der Waals surface area contributed by atoms with E-state index in [0.717, 1.165) is 10.9 Å². The minimum atomic E-state index is -0.634. The van der Waals surface area contributed by atoms with E-state index < -0.39 is 24.2 Å². The molecule has 5 nitrogen and oxygen atoms in total. The Bertz CT molecular complexity index is 705. The quantitative estimate of drug-likeness (QED) is 0.822. The second-order valence-electron chi connectivity index (χ2n) is 6.41. The number of hydrogen-bond donors (Lipinski definition) is 2. The summed E-state index contributed by atoms with van der Waals surface area (Å²) >= 11 is 0. The number of primary amides is 1. The highest BCUT2D eigenvalue weighted by Gasteiger charge is 2.53. The zero-order chi connectivity index (χ0) is 15.4. The number of aromatic nitrogens is 1. The summed E-state index contributed by atoms with van der Waals surface area (Å²) in [6.07, 6.45) is 0. The smallest absolute Gasteiger partial charge is 0.398 e. The van der Waals surface area contributed by atoms with E-state index in [0.29, 0.717) is 11.2 Å². The highest BCUT2D eigenvalue weighted by atomic mass is 16.7. The lowest BCUT2D eigenvalue weighted by molar-refractivity contribution is 0.00578. The summed E-state index contributed by atoms with van der Waals surface area (Å²) in [6.45, 7) is 7.89. The summed E-state index contributed by atoms with van der Waals surface area (Å²) in [5, 5.41) is 0.787. The number of aromatic amines is 1. The number of carbonyl (C=O) groups is 1. The molecular formula is C15H19BN2O3. The zero-order valence-electron chi connectivity index (χ0n) is 12.7. The molecule has 0 bridgehead atoms. The van der Waals surface area contributed by atoms with Crippen LogP contribution in [0.3, 0.4) is 0 Å². The molecule has 21 heavy (non-hydrogen) atoms. The van der Waals surface area contributed by atoms with Gasteiger partial charge in [-0.05, 0) is 33.8 Å². The van der Waals surface area contributed by atoms with Gasteiger partial charge in [-0.3, -0.25) is 4.79 Å². The average Bonchev–Trinajstić information content (AvgIpc) is 2.85. The highest BCUT2D eigenvalue weighted by Crippen LogP contribution is 2.37. The van der Waals surface area contributed by atoms with Gasteiger partial charge < -0.3 is 20.0 Å². The average molecular weight is 286 g/mol. The number of benzene rings is 1. The maximum atomic E-state index is 11.9. The first-order valence-electron chi connectivity index (χ1n) is 6.99. The standard InChI is InChI=1S/C15H19BN2O3/c1-14(2)15(3,4)21-16(20-14)12-11(13(17)19)9-7-5-6-8-10(9)18-12/h5-8,18H,1-4H3,(H2,17,19). The first kappa shape index (κ1) is 14.2. The van der Waals surface area contributed by atoms with Crippen molar-refractivity contribution in [3.63, 3.8) is 0 Å². The van der Waals surface area contributed by atoms with Crippen LogP contribution in [-0.2, 0) is 9.31 Å². The van der Waals surface area contributed by atoms with E-state index in [9.17, 15) is 4.79 Å². The van der Waals surface area contributed by atoms with E-state index in [-0.39, 0.29) is 0 Å².